The smallest absolute Gasteiger partial charge is 0.0618 e. The van der Waals surface area contributed by atoms with Crippen LogP contribution in [0.25, 0.3) is 44.5 Å². The van der Waals surface area contributed by atoms with E-state index in [1.807, 2.05) is 12.1 Å². The Morgan fingerprint density at radius 3 is 0.744 bits per heavy atom. The van der Waals surface area contributed by atoms with Gasteiger partial charge in [-0.2, -0.15) is 0 Å². The number of hydrogen-bond acceptors (Lipinski definition) is 2. The molecule has 0 fully saturated rings. The standard InChI is InChI=1S/C82H94Cl2N2/c1-76(2,3)57-38-55(39-58(42-57)77(4,5)6)72-48-62(81(16,17)18)46-70(53-30-24-22-25-31-53)74(72)85(66-36-28-34-64(83)50-66)68-44-61(80(13,14)15)45-69(52-68)86(67-37-29-35-65(84)51-67)75-71(54-32-26-23-27-33-54)47-63(82(19,20)21)49-73(75)56-40-59(78(7,8)9)43-60(41-56)79(10,11)12/h22-52H,1-21H3. The second kappa shape index (κ2) is 23.4. The van der Waals surface area contributed by atoms with Gasteiger partial charge in [0.2, 0.25) is 0 Å². The van der Waals surface area contributed by atoms with Crippen molar-refractivity contribution in [3.63, 3.8) is 0 Å². The summed E-state index contributed by atoms with van der Waals surface area (Å²) < 4.78 is 0. The minimum absolute atomic E-state index is 0.128. The molecule has 9 aromatic carbocycles. The molecule has 4 heteroatoms. The first-order chi connectivity index (χ1) is 39.9. The lowest BCUT2D eigenvalue weighted by Crippen LogP contribution is -2.21. The molecule has 0 spiro atoms. The Kier molecular flexibility index (Phi) is 17.3. The molecule has 0 amide bonds. The van der Waals surface area contributed by atoms with E-state index >= 15 is 0 Å². The van der Waals surface area contributed by atoms with Crippen LogP contribution in [0.1, 0.15) is 184 Å². The maximum absolute atomic E-state index is 7.29. The van der Waals surface area contributed by atoms with Crippen LogP contribution in [0.15, 0.2) is 188 Å². The predicted molar refractivity (Wildman–Crippen MR) is 378 cm³/mol. The third-order valence-corrected chi connectivity index (χ3v) is 17.4. The van der Waals surface area contributed by atoms with E-state index in [1.54, 1.807) is 0 Å². The molecule has 0 aromatic heterocycles. The largest absolute Gasteiger partial charge is 0.309 e. The second-order valence-corrected chi connectivity index (χ2v) is 32.2. The molecular weight excluding hydrogens is 1080 g/mol. The van der Waals surface area contributed by atoms with Crippen LogP contribution in [0.5, 0.6) is 0 Å². The van der Waals surface area contributed by atoms with Crippen molar-refractivity contribution in [1.29, 1.82) is 0 Å². The Balaban J connectivity index is 1.52. The summed E-state index contributed by atoms with van der Waals surface area (Å²) in [4.78, 5) is 5.02. The van der Waals surface area contributed by atoms with Gasteiger partial charge < -0.3 is 9.80 Å². The first-order valence-electron chi connectivity index (χ1n) is 30.9. The maximum Gasteiger partial charge on any atom is 0.0618 e. The average molecular weight is 1180 g/mol. The summed E-state index contributed by atoms with van der Waals surface area (Å²) in [5, 5.41) is 1.31. The highest BCUT2D eigenvalue weighted by atomic mass is 35.5. The van der Waals surface area contributed by atoms with Gasteiger partial charge in [0.05, 0.1) is 11.4 Å². The highest BCUT2D eigenvalue weighted by Gasteiger charge is 2.33. The van der Waals surface area contributed by atoms with Crippen LogP contribution in [-0.4, -0.2) is 0 Å². The Bertz CT molecular complexity index is 3610. The normalized spacial score (nSPS) is 12.8. The van der Waals surface area contributed by atoms with Crippen LogP contribution in [0.2, 0.25) is 10.0 Å². The Labute approximate surface area is 528 Å². The molecule has 86 heavy (non-hydrogen) atoms. The molecule has 0 N–H and O–H groups in total. The molecule has 0 aliphatic rings. The van der Waals surface area contributed by atoms with E-state index < -0.39 is 0 Å². The van der Waals surface area contributed by atoms with E-state index in [-0.39, 0.29) is 37.9 Å². The van der Waals surface area contributed by atoms with Gasteiger partial charge in [-0.1, -0.05) is 278 Å². The summed E-state index contributed by atoms with van der Waals surface area (Å²) in [6, 6.07) is 70.6. The number of rotatable bonds is 10. The van der Waals surface area contributed by atoms with Crippen molar-refractivity contribution < 1.29 is 0 Å². The zero-order chi connectivity index (χ0) is 62.9. The van der Waals surface area contributed by atoms with Crippen LogP contribution in [0, 0.1) is 0 Å². The molecular formula is C82H94Cl2N2. The lowest BCUT2D eigenvalue weighted by atomic mass is 9.77. The van der Waals surface area contributed by atoms with E-state index in [1.165, 1.54) is 50.1 Å². The van der Waals surface area contributed by atoms with Crippen LogP contribution >= 0.6 is 23.2 Å². The molecule has 0 unspecified atom stereocenters. The van der Waals surface area contributed by atoms with Gasteiger partial charge in [-0.25, -0.2) is 0 Å². The van der Waals surface area contributed by atoms with Gasteiger partial charge in [0.1, 0.15) is 0 Å². The summed E-state index contributed by atoms with van der Waals surface area (Å²) >= 11 is 14.6. The zero-order valence-corrected chi connectivity index (χ0v) is 57.1. The molecule has 0 saturated carbocycles. The molecule has 9 aromatic rings. The Hall–Kier alpha value is -6.84. The zero-order valence-electron chi connectivity index (χ0n) is 55.5. The summed E-state index contributed by atoms with van der Waals surface area (Å²) in [6.07, 6.45) is 0. The SMILES string of the molecule is CC(C)(C)c1cc(N(c2cccc(Cl)c2)c2c(-c3ccccc3)cc(C(C)(C)C)cc2-c2cc(C(C)(C)C)cc(C(C)(C)C)c2)cc(N(c2cccc(Cl)c2)c2c(-c3ccccc3)cc(C(C)(C)C)cc2-c2cc(C(C)(C)C)cc(C(C)(C)C)c2)c1. The molecule has 446 valence electrons. The van der Waals surface area contributed by atoms with Crippen molar-refractivity contribution in [3.05, 3.63) is 237 Å². The molecule has 0 radical (unpaired) electrons. The van der Waals surface area contributed by atoms with Crippen molar-refractivity contribution in [2.75, 3.05) is 9.80 Å². The van der Waals surface area contributed by atoms with Crippen molar-refractivity contribution in [2.45, 2.75) is 183 Å². The monoisotopic (exact) mass is 1180 g/mol. The fourth-order valence-corrected chi connectivity index (χ4v) is 11.7. The van der Waals surface area contributed by atoms with Gasteiger partial charge in [-0.3, -0.25) is 0 Å². The van der Waals surface area contributed by atoms with Gasteiger partial charge in [-0.05, 0) is 178 Å². The quantitative estimate of drug-likeness (QED) is 0.135. The number of anilines is 6. The third-order valence-electron chi connectivity index (χ3n) is 16.9. The first-order valence-corrected chi connectivity index (χ1v) is 31.7. The van der Waals surface area contributed by atoms with E-state index in [9.17, 15) is 0 Å². The van der Waals surface area contributed by atoms with Crippen LogP contribution in [-0.2, 0) is 37.9 Å². The fraction of sp³-hybridized carbons (Fsp3) is 0.341. The number of hydrogen-bond donors (Lipinski definition) is 0. The molecule has 2 nitrogen and oxygen atoms in total. The van der Waals surface area contributed by atoms with E-state index in [4.69, 9.17) is 23.2 Å². The maximum atomic E-state index is 7.29. The summed E-state index contributed by atoms with van der Waals surface area (Å²) in [5.74, 6) is 0. The van der Waals surface area contributed by atoms with Gasteiger partial charge in [0.25, 0.3) is 0 Å². The van der Waals surface area contributed by atoms with Gasteiger partial charge in [-0.15, -0.1) is 0 Å². The number of nitrogens with zero attached hydrogens (tertiary/aromatic N) is 2. The third kappa shape index (κ3) is 13.9. The van der Waals surface area contributed by atoms with Gasteiger partial charge in [0.15, 0.2) is 0 Å². The van der Waals surface area contributed by atoms with Gasteiger partial charge >= 0.3 is 0 Å². The van der Waals surface area contributed by atoms with E-state index in [0.29, 0.717) is 10.0 Å². The molecule has 0 heterocycles. The number of benzene rings is 9. The van der Waals surface area contributed by atoms with Crippen molar-refractivity contribution >= 4 is 57.3 Å². The lowest BCUT2D eigenvalue weighted by molar-refractivity contribution is 0.568. The van der Waals surface area contributed by atoms with E-state index in [2.05, 4.69) is 331 Å². The Morgan fingerprint density at radius 1 is 0.221 bits per heavy atom. The Morgan fingerprint density at radius 2 is 0.477 bits per heavy atom. The lowest BCUT2D eigenvalue weighted by Gasteiger charge is -2.37. The van der Waals surface area contributed by atoms with Crippen LogP contribution in [0.3, 0.4) is 0 Å². The fourth-order valence-electron chi connectivity index (χ4n) is 11.4. The molecule has 0 aliphatic carbocycles. The van der Waals surface area contributed by atoms with Crippen molar-refractivity contribution in [1.82, 2.24) is 0 Å². The molecule has 0 bridgehead atoms. The minimum atomic E-state index is -0.321. The summed E-state index contributed by atoms with van der Waals surface area (Å²) in [7, 11) is 0. The van der Waals surface area contributed by atoms with Gasteiger partial charge in [0, 0.05) is 55.0 Å². The van der Waals surface area contributed by atoms with Crippen LogP contribution < -0.4 is 9.80 Å². The predicted octanol–water partition coefficient (Wildman–Crippen LogP) is 25.7. The van der Waals surface area contributed by atoms with E-state index in [0.717, 1.165) is 67.5 Å². The topological polar surface area (TPSA) is 6.48 Å². The number of halogens is 2. The second-order valence-electron chi connectivity index (χ2n) is 31.3. The van der Waals surface area contributed by atoms with Crippen molar-refractivity contribution in [3.8, 4) is 44.5 Å². The highest BCUT2D eigenvalue weighted by molar-refractivity contribution is 6.31. The molecule has 0 atom stereocenters. The summed E-state index contributed by atoms with van der Waals surface area (Å²) in [5.41, 5.74) is 22.8. The first kappa shape index (κ1) is 63.7. The minimum Gasteiger partial charge on any atom is -0.309 e. The molecule has 9 rings (SSSR count). The van der Waals surface area contributed by atoms with Crippen molar-refractivity contribution in [2.24, 2.45) is 0 Å². The molecule has 0 aliphatic heterocycles. The summed E-state index contributed by atoms with van der Waals surface area (Å²) in [6.45, 7) is 49.0. The highest BCUT2D eigenvalue weighted by Crippen LogP contribution is 2.55. The average Bonchev–Trinajstić information content (AvgIpc) is 0.766. The molecule has 0 saturated heterocycles. The van der Waals surface area contributed by atoms with Crippen LogP contribution in [0.4, 0.5) is 34.1 Å².